The first-order valence-corrected chi connectivity index (χ1v) is 4.44. The monoisotopic (exact) mass is 212 g/mol. The number of aromatic nitrogens is 1. The number of nitroso groups, excluding NO2 is 1. The van der Waals surface area contributed by atoms with E-state index >= 15 is 0 Å². The summed E-state index contributed by atoms with van der Waals surface area (Å²) in [6.07, 6.45) is 1.47. The number of hydrogen-bond acceptors (Lipinski definition) is 6. The first-order valence-electron chi connectivity index (χ1n) is 4.44. The van der Waals surface area contributed by atoms with Gasteiger partial charge in [-0.25, -0.2) is 4.98 Å². The fourth-order valence-corrected chi connectivity index (χ4v) is 0.923. The van der Waals surface area contributed by atoms with Crippen molar-refractivity contribution in [1.82, 2.24) is 4.98 Å². The Hall–Kier alpha value is -1.53. The van der Waals surface area contributed by atoms with Gasteiger partial charge in [-0.1, -0.05) is 0 Å². The van der Waals surface area contributed by atoms with E-state index in [4.69, 9.17) is 14.9 Å². The van der Waals surface area contributed by atoms with Crippen molar-refractivity contribution in [3.8, 4) is 5.88 Å². The average Bonchev–Trinajstić information content (AvgIpc) is 2.31. The van der Waals surface area contributed by atoms with Gasteiger partial charge in [0.1, 0.15) is 0 Å². The topological polar surface area (TPSA) is 92.0 Å². The molecule has 6 nitrogen and oxygen atoms in total. The Morgan fingerprint density at radius 2 is 2.20 bits per heavy atom. The number of rotatable bonds is 6. The van der Waals surface area contributed by atoms with Gasteiger partial charge in [-0.05, 0) is 17.3 Å². The van der Waals surface area contributed by atoms with Crippen LogP contribution in [-0.4, -0.2) is 35.0 Å². The molecule has 6 heteroatoms. The zero-order valence-electron chi connectivity index (χ0n) is 8.04. The van der Waals surface area contributed by atoms with Gasteiger partial charge in [-0.15, -0.1) is 4.91 Å². The largest absolute Gasteiger partial charge is 0.476 e. The Labute approximate surface area is 86.5 Å². The molecule has 82 valence electrons. The molecule has 0 fully saturated rings. The van der Waals surface area contributed by atoms with E-state index < -0.39 is 0 Å². The second-order valence-corrected chi connectivity index (χ2v) is 2.96. The molecule has 0 aliphatic carbocycles. The van der Waals surface area contributed by atoms with Gasteiger partial charge in [0.05, 0.1) is 19.8 Å². The summed E-state index contributed by atoms with van der Waals surface area (Å²) in [5.41, 5.74) is 0.104. The number of ether oxygens (including phenoxy) is 1. The maximum atomic E-state index is 10.3. The first kappa shape index (κ1) is 11.5. The maximum Gasteiger partial charge on any atom is 0.243 e. The van der Waals surface area contributed by atoms with Crippen LogP contribution in [0.3, 0.4) is 0 Å². The summed E-state index contributed by atoms with van der Waals surface area (Å²) >= 11 is 0. The standard InChI is InChI=1S/C9H12N2O4/c12-4-7(5-13)6-15-9-8(11-14)2-1-3-10-9/h1-3,7,12-13H,4-6H2. The molecule has 0 radical (unpaired) electrons. The zero-order valence-corrected chi connectivity index (χ0v) is 8.04. The minimum atomic E-state index is -0.383. The molecule has 0 amide bonds. The second kappa shape index (κ2) is 6.05. The van der Waals surface area contributed by atoms with E-state index in [1.165, 1.54) is 12.3 Å². The van der Waals surface area contributed by atoms with E-state index in [0.717, 1.165) is 0 Å². The summed E-state index contributed by atoms with van der Waals surface area (Å²) < 4.78 is 5.15. The van der Waals surface area contributed by atoms with Gasteiger partial charge >= 0.3 is 0 Å². The van der Waals surface area contributed by atoms with Crippen molar-refractivity contribution in [3.63, 3.8) is 0 Å². The lowest BCUT2D eigenvalue weighted by molar-refractivity contribution is 0.104. The van der Waals surface area contributed by atoms with Crippen molar-refractivity contribution in [3.05, 3.63) is 23.2 Å². The molecule has 0 atom stereocenters. The summed E-state index contributed by atoms with van der Waals surface area (Å²) in [7, 11) is 0. The van der Waals surface area contributed by atoms with E-state index in [9.17, 15) is 4.91 Å². The molecule has 0 aliphatic heterocycles. The van der Waals surface area contributed by atoms with E-state index in [1.54, 1.807) is 6.07 Å². The van der Waals surface area contributed by atoms with E-state index in [2.05, 4.69) is 10.2 Å². The van der Waals surface area contributed by atoms with Crippen LogP contribution >= 0.6 is 0 Å². The van der Waals surface area contributed by atoms with Crippen LogP contribution in [0.25, 0.3) is 0 Å². The number of nitrogens with zero attached hydrogens (tertiary/aromatic N) is 2. The van der Waals surface area contributed by atoms with Gasteiger partial charge < -0.3 is 14.9 Å². The third-order valence-corrected chi connectivity index (χ3v) is 1.82. The van der Waals surface area contributed by atoms with Crippen molar-refractivity contribution in [2.24, 2.45) is 11.1 Å². The maximum absolute atomic E-state index is 10.3. The Kier molecular flexibility index (Phi) is 4.65. The van der Waals surface area contributed by atoms with Crippen LogP contribution in [0, 0.1) is 10.8 Å². The highest BCUT2D eigenvalue weighted by molar-refractivity contribution is 5.45. The van der Waals surface area contributed by atoms with Gasteiger partial charge in [0, 0.05) is 12.1 Å². The quantitative estimate of drug-likeness (QED) is 0.668. The van der Waals surface area contributed by atoms with Crippen molar-refractivity contribution in [2.75, 3.05) is 19.8 Å². The Bertz CT molecular complexity index is 315. The normalized spacial score (nSPS) is 10.3. The van der Waals surface area contributed by atoms with Crippen LogP contribution in [-0.2, 0) is 0 Å². The summed E-state index contributed by atoms with van der Waals surface area (Å²) in [5, 5.41) is 20.3. The van der Waals surface area contributed by atoms with E-state index in [1.807, 2.05) is 0 Å². The molecule has 1 rings (SSSR count). The minimum Gasteiger partial charge on any atom is -0.476 e. The van der Waals surface area contributed by atoms with Crippen LogP contribution in [0.4, 0.5) is 5.69 Å². The third-order valence-electron chi connectivity index (χ3n) is 1.82. The van der Waals surface area contributed by atoms with Crippen molar-refractivity contribution in [2.45, 2.75) is 0 Å². The lowest BCUT2D eigenvalue weighted by Crippen LogP contribution is -2.20. The second-order valence-electron chi connectivity index (χ2n) is 2.96. The Morgan fingerprint density at radius 3 is 2.80 bits per heavy atom. The molecular formula is C9H12N2O4. The smallest absolute Gasteiger partial charge is 0.243 e. The molecule has 1 aromatic heterocycles. The molecule has 0 saturated heterocycles. The minimum absolute atomic E-state index is 0.0898. The molecule has 0 spiro atoms. The highest BCUT2D eigenvalue weighted by Gasteiger charge is 2.10. The Balaban J connectivity index is 2.60. The number of pyridine rings is 1. The molecule has 0 saturated carbocycles. The molecule has 0 bridgehead atoms. The number of aliphatic hydroxyl groups is 2. The van der Waals surface area contributed by atoms with Crippen LogP contribution < -0.4 is 4.74 Å². The lowest BCUT2D eigenvalue weighted by atomic mass is 10.2. The fraction of sp³-hybridized carbons (Fsp3) is 0.444. The summed E-state index contributed by atoms with van der Waals surface area (Å²) in [4.78, 5) is 14.2. The zero-order chi connectivity index (χ0) is 11.1. The molecule has 15 heavy (non-hydrogen) atoms. The van der Waals surface area contributed by atoms with Crippen LogP contribution in [0.1, 0.15) is 0 Å². The molecule has 0 aliphatic rings. The van der Waals surface area contributed by atoms with Crippen LogP contribution in [0.15, 0.2) is 23.5 Å². The predicted molar refractivity (Wildman–Crippen MR) is 52.8 cm³/mol. The van der Waals surface area contributed by atoms with Gasteiger partial charge in [0.25, 0.3) is 0 Å². The molecule has 1 aromatic rings. The van der Waals surface area contributed by atoms with E-state index in [0.29, 0.717) is 0 Å². The molecular weight excluding hydrogens is 200 g/mol. The third kappa shape index (κ3) is 3.26. The molecule has 0 unspecified atom stereocenters. The SMILES string of the molecule is O=Nc1cccnc1OCC(CO)CO. The highest BCUT2D eigenvalue weighted by Crippen LogP contribution is 2.23. The predicted octanol–water partition coefficient (Wildman–Crippen LogP) is 0.459. The van der Waals surface area contributed by atoms with Crippen molar-refractivity contribution < 1.29 is 14.9 Å². The summed E-state index contributed by atoms with van der Waals surface area (Å²) in [5.74, 6) is -0.272. The van der Waals surface area contributed by atoms with Crippen LogP contribution in [0.5, 0.6) is 5.88 Å². The molecule has 1 heterocycles. The van der Waals surface area contributed by atoms with Gasteiger partial charge in [-0.3, -0.25) is 0 Å². The van der Waals surface area contributed by atoms with Gasteiger partial charge in [-0.2, -0.15) is 0 Å². The molecule has 0 aromatic carbocycles. The Morgan fingerprint density at radius 1 is 1.47 bits per heavy atom. The highest BCUT2D eigenvalue weighted by atomic mass is 16.5. The average molecular weight is 212 g/mol. The van der Waals surface area contributed by atoms with Gasteiger partial charge in [0.15, 0.2) is 5.69 Å². The number of hydrogen-bond donors (Lipinski definition) is 2. The summed E-state index contributed by atoms with van der Waals surface area (Å²) in [6.45, 7) is -0.285. The molecule has 2 N–H and O–H groups in total. The van der Waals surface area contributed by atoms with Crippen molar-refractivity contribution in [1.29, 1.82) is 0 Å². The lowest BCUT2D eigenvalue weighted by Gasteiger charge is -2.11. The first-order chi connectivity index (χ1) is 7.31. The van der Waals surface area contributed by atoms with Crippen molar-refractivity contribution >= 4 is 5.69 Å². The van der Waals surface area contributed by atoms with Crippen LogP contribution in [0.2, 0.25) is 0 Å². The van der Waals surface area contributed by atoms with Gasteiger partial charge in [0.2, 0.25) is 5.88 Å². The van der Waals surface area contributed by atoms with E-state index in [-0.39, 0.29) is 37.3 Å². The summed E-state index contributed by atoms with van der Waals surface area (Å²) in [6, 6.07) is 3.04. The number of aliphatic hydroxyl groups excluding tert-OH is 2. The fourth-order valence-electron chi connectivity index (χ4n) is 0.923.